The van der Waals surface area contributed by atoms with E-state index in [1.807, 2.05) is 12.3 Å². The first-order valence-corrected chi connectivity index (χ1v) is 7.10. The van der Waals surface area contributed by atoms with Gasteiger partial charge in [0.2, 0.25) is 0 Å². The third-order valence-electron chi connectivity index (χ3n) is 2.39. The number of aryl methyl sites for hydroxylation is 1. The number of nitrogens with zero attached hydrogens (tertiary/aromatic N) is 1. The highest BCUT2D eigenvalue weighted by Gasteiger charge is 2.02. The van der Waals surface area contributed by atoms with Crippen molar-refractivity contribution in [3.05, 3.63) is 16.1 Å². The van der Waals surface area contributed by atoms with Gasteiger partial charge in [-0.25, -0.2) is 9.78 Å². The summed E-state index contributed by atoms with van der Waals surface area (Å²) in [5.74, 6) is -0.803. The largest absolute Gasteiger partial charge is 0.481 e. The zero-order chi connectivity index (χ0) is 14.1. The molecule has 2 amide bonds. The lowest BCUT2D eigenvalue weighted by atomic mass is 10.2. The van der Waals surface area contributed by atoms with Crippen LogP contribution in [0.5, 0.6) is 0 Å². The maximum atomic E-state index is 11.4. The molecule has 6 nitrogen and oxygen atoms in total. The normalized spacial score (nSPS) is 10.2. The predicted molar refractivity (Wildman–Crippen MR) is 73.4 cm³/mol. The number of carboxylic acid groups (broad SMARTS) is 1. The molecular weight excluding hydrogens is 266 g/mol. The van der Waals surface area contributed by atoms with Crippen molar-refractivity contribution in [1.82, 2.24) is 15.6 Å². The smallest absolute Gasteiger partial charge is 0.314 e. The molecule has 1 aromatic rings. The number of nitrogens with one attached hydrogen (secondary N) is 2. The standard InChI is InChI=1S/C12H19N3O3S/c1-9-8-19-10(15-9)5-7-14-12(18)13-6-3-2-4-11(16)17/h8H,2-7H2,1H3,(H,16,17)(H2,13,14,18). The van der Waals surface area contributed by atoms with E-state index in [0.29, 0.717) is 25.9 Å². The van der Waals surface area contributed by atoms with Crippen molar-refractivity contribution in [2.75, 3.05) is 13.1 Å². The highest BCUT2D eigenvalue weighted by Crippen LogP contribution is 2.08. The summed E-state index contributed by atoms with van der Waals surface area (Å²) in [5.41, 5.74) is 1.00. The fourth-order valence-electron chi connectivity index (χ4n) is 1.47. The van der Waals surface area contributed by atoms with Crippen LogP contribution in [0.25, 0.3) is 0 Å². The number of thiazole rings is 1. The molecule has 1 heterocycles. The molecule has 0 atom stereocenters. The zero-order valence-corrected chi connectivity index (χ0v) is 11.8. The summed E-state index contributed by atoms with van der Waals surface area (Å²) < 4.78 is 0. The fourth-order valence-corrected chi connectivity index (χ4v) is 2.24. The van der Waals surface area contributed by atoms with Crippen LogP contribution >= 0.6 is 11.3 Å². The Morgan fingerprint density at radius 1 is 1.32 bits per heavy atom. The van der Waals surface area contributed by atoms with Crippen LogP contribution < -0.4 is 10.6 Å². The quantitative estimate of drug-likeness (QED) is 0.632. The van der Waals surface area contributed by atoms with E-state index in [-0.39, 0.29) is 12.5 Å². The number of urea groups is 1. The Morgan fingerprint density at radius 3 is 2.68 bits per heavy atom. The minimum Gasteiger partial charge on any atom is -0.481 e. The lowest BCUT2D eigenvalue weighted by molar-refractivity contribution is -0.137. The monoisotopic (exact) mass is 285 g/mol. The summed E-state index contributed by atoms with van der Waals surface area (Å²) in [6.45, 7) is 2.99. The minimum absolute atomic E-state index is 0.146. The molecule has 0 saturated heterocycles. The molecule has 0 radical (unpaired) electrons. The van der Waals surface area contributed by atoms with E-state index in [2.05, 4.69) is 15.6 Å². The maximum Gasteiger partial charge on any atom is 0.314 e. The Morgan fingerprint density at radius 2 is 2.05 bits per heavy atom. The number of carboxylic acids is 1. The van der Waals surface area contributed by atoms with Gasteiger partial charge in [0.1, 0.15) is 0 Å². The number of carbonyl (C=O) groups is 2. The average molecular weight is 285 g/mol. The number of rotatable bonds is 8. The average Bonchev–Trinajstić information content (AvgIpc) is 2.74. The van der Waals surface area contributed by atoms with Crippen LogP contribution in [0, 0.1) is 6.92 Å². The third kappa shape index (κ3) is 7.40. The molecule has 106 valence electrons. The fraction of sp³-hybridized carbons (Fsp3) is 0.583. The summed E-state index contributed by atoms with van der Waals surface area (Å²) in [5, 5.41) is 16.9. The van der Waals surface area contributed by atoms with Gasteiger partial charge in [0.15, 0.2) is 0 Å². The molecule has 3 N–H and O–H groups in total. The van der Waals surface area contributed by atoms with Gasteiger partial charge in [-0.1, -0.05) is 0 Å². The van der Waals surface area contributed by atoms with Crippen LogP contribution in [0.4, 0.5) is 4.79 Å². The Labute approximate surface area is 116 Å². The zero-order valence-electron chi connectivity index (χ0n) is 10.9. The van der Waals surface area contributed by atoms with Gasteiger partial charge in [0, 0.05) is 37.0 Å². The second-order valence-corrected chi connectivity index (χ2v) is 5.11. The van der Waals surface area contributed by atoms with E-state index < -0.39 is 5.97 Å². The van der Waals surface area contributed by atoms with Crippen LogP contribution in [0.15, 0.2) is 5.38 Å². The number of unbranched alkanes of at least 4 members (excludes halogenated alkanes) is 1. The van der Waals surface area contributed by atoms with Gasteiger partial charge in [-0.15, -0.1) is 11.3 Å². The molecule has 0 aliphatic carbocycles. The second-order valence-electron chi connectivity index (χ2n) is 4.17. The van der Waals surface area contributed by atoms with Crippen LogP contribution in [0.1, 0.15) is 30.0 Å². The van der Waals surface area contributed by atoms with Gasteiger partial charge in [-0.05, 0) is 19.8 Å². The molecule has 7 heteroatoms. The summed E-state index contributed by atoms with van der Waals surface area (Å²) in [6.07, 6.45) is 2.12. The molecule has 0 bridgehead atoms. The summed E-state index contributed by atoms with van der Waals surface area (Å²) in [6, 6.07) is -0.219. The first-order chi connectivity index (χ1) is 9.08. The van der Waals surface area contributed by atoms with Gasteiger partial charge in [-0.3, -0.25) is 4.79 Å². The minimum atomic E-state index is -0.803. The number of hydrogen-bond acceptors (Lipinski definition) is 4. The number of amides is 2. The van der Waals surface area contributed by atoms with E-state index >= 15 is 0 Å². The third-order valence-corrected chi connectivity index (χ3v) is 3.42. The van der Waals surface area contributed by atoms with E-state index in [1.165, 1.54) is 0 Å². The van der Waals surface area contributed by atoms with Gasteiger partial charge in [0.25, 0.3) is 0 Å². The van der Waals surface area contributed by atoms with Crippen molar-refractivity contribution in [3.63, 3.8) is 0 Å². The van der Waals surface area contributed by atoms with Crippen molar-refractivity contribution in [2.24, 2.45) is 0 Å². The number of hydrogen-bond donors (Lipinski definition) is 3. The molecule has 0 aromatic carbocycles. The van der Waals surface area contributed by atoms with Gasteiger partial charge in [0.05, 0.1) is 5.01 Å². The molecule has 0 unspecified atom stereocenters. The van der Waals surface area contributed by atoms with E-state index in [0.717, 1.165) is 17.1 Å². The predicted octanol–water partition coefficient (Wildman–Crippen LogP) is 1.55. The number of aromatic nitrogens is 1. The van der Waals surface area contributed by atoms with Crippen molar-refractivity contribution >= 4 is 23.3 Å². The Bertz CT molecular complexity index is 420. The van der Waals surface area contributed by atoms with E-state index in [4.69, 9.17) is 5.11 Å². The first-order valence-electron chi connectivity index (χ1n) is 6.22. The SMILES string of the molecule is Cc1csc(CCNC(=O)NCCCCC(=O)O)n1. The van der Waals surface area contributed by atoms with Gasteiger partial charge in [-0.2, -0.15) is 0 Å². The molecule has 1 aromatic heterocycles. The number of carbonyl (C=O) groups excluding carboxylic acids is 1. The highest BCUT2D eigenvalue weighted by molar-refractivity contribution is 7.09. The van der Waals surface area contributed by atoms with Crippen molar-refractivity contribution < 1.29 is 14.7 Å². The summed E-state index contributed by atoms with van der Waals surface area (Å²) in [4.78, 5) is 26.0. The van der Waals surface area contributed by atoms with Crippen molar-refractivity contribution in [1.29, 1.82) is 0 Å². The summed E-state index contributed by atoms with van der Waals surface area (Å²) in [7, 11) is 0. The van der Waals surface area contributed by atoms with E-state index in [9.17, 15) is 9.59 Å². The Kier molecular flexibility index (Phi) is 6.88. The molecule has 0 aliphatic rings. The molecule has 1 rings (SSSR count). The van der Waals surface area contributed by atoms with Crippen LogP contribution in [0.3, 0.4) is 0 Å². The van der Waals surface area contributed by atoms with Crippen molar-refractivity contribution in [3.8, 4) is 0 Å². The molecule has 0 aliphatic heterocycles. The Balaban J connectivity index is 2.00. The van der Waals surface area contributed by atoms with Gasteiger partial charge >= 0.3 is 12.0 Å². The topological polar surface area (TPSA) is 91.3 Å². The van der Waals surface area contributed by atoms with Crippen molar-refractivity contribution in [2.45, 2.75) is 32.6 Å². The maximum absolute atomic E-state index is 11.4. The Hall–Kier alpha value is -1.63. The molecular formula is C12H19N3O3S. The summed E-state index contributed by atoms with van der Waals surface area (Å²) >= 11 is 1.59. The first kappa shape index (κ1) is 15.4. The molecule has 0 fully saturated rings. The highest BCUT2D eigenvalue weighted by atomic mass is 32.1. The second kappa shape index (κ2) is 8.47. The van der Waals surface area contributed by atoms with Crippen LogP contribution in [-0.4, -0.2) is 35.2 Å². The lowest BCUT2D eigenvalue weighted by Gasteiger charge is -2.06. The molecule has 0 saturated carbocycles. The van der Waals surface area contributed by atoms with Crippen LogP contribution in [-0.2, 0) is 11.2 Å². The molecule has 19 heavy (non-hydrogen) atoms. The van der Waals surface area contributed by atoms with Crippen LogP contribution in [0.2, 0.25) is 0 Å². The lowest BCUT2D eigenvalue weighted by Crippen LogP contribution is -2.37. The van der Waals surface area contributed by atoms with Gasteiger partial charge < -0.3 is 15.7 Å². The van der Waals surface area contributed by atoms with E-state index in [1.54, 1.807) is 11.3 Å². The molecule has 0 spiro atoms. The number of aliphatic carboxylic acids is 1.